The summed E-state index contributed by atoms with van der Waals surface area (Å²) in [6.07, 6.45) is 6.64. The van der Waals surface area contributed by atoms with Gasteiger partial charge in [-0.15, -0.1) is 0 Å². The maximum Gasteiger partial charge on any atom is 0.387 e. The molecule has 5 aromatic heterocycles. The van der Waals surface area contributed by atoms with E-state index in [1.165, 1.54) is 12.1 Å². The Kier molecular flexibility index (Phi) is 15.1. The molecule has 0 fully saturated rings. The van der Waals surface area contributed by atoms with Gasteiger partial charge >= 0.3 is 6.61 Å². The molecule has 15 nitrogen and oxygen atoms in total. The maximum atomic E-state index is 13.2. The van der Waals surface area contributed by atoms with Crippen LogP contribution in [0.3, 0.4) is 0 Å². The van der Waals surface area contributed by atoms with Crippen LogP contribution in [0.5, 0.6) is 5.75 Å². The third kappa shape index (κ3) is 13.7. The van der Waals surface area contributed by atoms with Gasteiger partial charge in [0.1, 0.15) is 46.2 Å². The van der Waals surface area contributed by atoms with Gasteiger partial charge in [-0.3, -0.25) is 14.7 Å². The Morgan fingerprint density at radius 2 is 1.29 bits per heavy atom. The predicted octanol–water partition coefficient (Wildman–Crippen LogP) is 9.45. The van der Waals surface area contributed by atoms with Crippen LogP contribution in [0.25, 0.3) is 44.6 Å². The van der Waals surface area contributed by atoms with Gasteiger partial charge in [0, 0.05) is 58.2 Å². The third-order valence-corrected chi connectivity index (χ3v) is 12.8. The molecule has 0 atom stereocenters. The largest absolute Gasteiger partial charge is 0.435 e. The standard InChI is InChI=1S/C25H32F2N6O3Si.C17H27BrN4O2Si/c1-25(2,3)30-23(34)17-13-33(14-35-9-10-37(4,5)6)22-21(17)29-19(12-28-22)20-16-11-15(36-24(26)27)7-8-18(16)31-32-20;1-17(2,3)21-16(23)12-10-22(11-24-7-8-25(4,5)6)15-14(12)20-13(18)9-19-15/h7-8,11-13,24H,9-10,14H2,1-6H3,(H,30,34)(H,31,32);9-10H,7-8,11H2,1-6H3,(H,21,23). The number of rotatable bonds is 15. The van der Waals surface area contributed by atoms with E-state index in [-0.39, 0.29) is 29.8 Å². The molecular formula is C42H59BrF2N10O5Si2. The number of hydrogen-bond acceptors (Lipinski definition) is 10. The lowest BCUT2D eigenvalue weighted by molar-refractivity contribution is -0.0497. The molecule has 0 saturated heterocycles. The zero-order valence-electron chi connectivity index (χ0n) is 37.7. The van der Waals surface area contributed by atoms with Crippen LogP contribution in [-0.2, 0) is 22.9 Å². The summed E-state index contributed by atoms with van der Waals surface area (Å²) in [5.41, 5.74) is 3.62. The average Bonchev–Trinajstić information content (AvgIpc) is 3.83. The van der Waals surface area contributed by atoms with E-state index >= 15 is 0 Å². The number of aromatic amines is 1. The van der Waals surface area contributed by atoms with E-state index in [0.717, 1.165) is 12.1 Å². The SMILES string of the molecule is CC(C)(C)NC(=O)c1cn(COCC[Si](C)(C)C)c2ncc(-c3n[nH]c4ccc(OC(F)F)cc34)nc12.CC(C)(C)NC(=O)c1cn(COCC[Si](C)(C)C)c2ncc(Br)nc12. The number of benzene rings is 1. The molecule has 0 spiro atoms. The first-order valence-corrected chi connectivity index (χ1v) is 28.6. The van der Waals surface area contributed by atoms with Crippen LogP contribution in [-0.4, -0.2) is 98.1 Å². The van der Waals surface area contributed by atoms with Crippen molar-refractivity contribution in [3.05, 3.63) is 58.7 Å². The fourth-order valence-corrected chi connectivity index (χ4v) is 7.78. The molecule has 6 rings (SSSR count). The molecule has 20 heteroatoms. The quantitative estimate of drug-likeness (QED) is 0.0664. The lowest BCUT2D eigenvalue weighted by atomic mass is 10.1. The number of nitrogens with zero attached hydrogens (tertiary/aromatic N) is 7. The second kappa shape index (κ2) is 19.4. The van der Waals surface area contributed by atoms with Crippen molar-refractivity contribution in [3.8, 4) is 17.1 Å². The van der Waals surface area contributed by atoms with E-state index < -0.39 is 28.3 Å². The van der Waals surface area contributed by atoms with Gasteiger partial charge in [0.05, 0.1) is 29.0 Å². The van der Waals surface area contributed by atoms with E-state index in [4.69, 9.17) is 14.5 Å². The molecule has 6 aromatic rings. The molecule has 0 saturated carbocycles. The molecule has 0 aliphatic rings. The number of fused-ring (bicyclic) bond motifs is 3. The van der Waals surface area contributed by atoms with Gasteiger partial charge in [0.2, 0.25) is 0 Å². The molecule has 0 radical (unpaired) electrons. The number of amides is 2. The highest BCUT2D eigenvalue weighted by Gasteiger charge is 2.25. The van der Waals surface area contributed by atoms with Gasteiger partial charge in [0.15, 0.2) is 11.3 Å². The summed E-state index contributed by atoms with van der Waals surface area (Å²) in [6.45, 7) is 24.3. The molecule has 62 heavy (non-hydrogen) atoms. The summed E-state index contributed by atoms with van der Waals surface area (Å²) in [6, 6.07) is 6.62. The summed E-state index contributed by atoms with van der Waals surface area (Å²) in [4.78, 5) is 44.0. The molecule has 2 amide bonds. The van der Waals surface area contributed by atoms with E-state index in [0.29, 0.717) is 80.3 Å². The summed E-state index contributed by atoms with van der Waals surface area (Å²) >= 11 is 3.33. The van der Waals surface area contributed by atoms with E-state index in [9.17, 15) is 18.4 Å². The average molecular weight is 958 g/mol. The molecule has 0 unspecified atom stereocenters. The molecule has 0 aliphatic heterocycles. The van der Waals surface area contributed by atoms with E-state index in [1.807, 2.05) is 46.1 Å². The molecule has 1 aromatic carbocycles. The van der Waals surface area contributed by atoms with Gasteiger partial charge < -0.3 is 34.0 Å². The first kappa shape index (κ1) is 48.4. The fourth-order valence-electron chi connectivity index (χ4n) is 5.99. The molecule has 5 heterocycles. The highest BCUT2D eigenvalue weighted by molar-refractivity contribution is 9.10. The minimum Gasteiger partial charge on any atom is -0.435 e. The Hall–Kier alpha value is -4.64. The fraction of sp³-hybridized carbons (Fsp3) is 0.500. The number of carbonyl (C=O) groups is 2. The van der Waals surface area contributed by atoms with Crippen LogP contribution >= 0.6 is 15.9 Å². The number of alkyl halides is 2. The van der Waals surface area contributed by atoms with Crippen molar-refractivity contribution in [2.45, 2.75) is 124 Å². The van der Waals surface area contributed by atoms with Crippen molar-refractivity contribution in [3.63, 3.8) is 0 Å². The maximum absolute atomic E-state index is 13.2. The predicted molar refractivity (Wildman–Crippen MR) is 247 cm³/mol. The first-order chi connectivity index (χ1) is 28.8. The molecule has 0 bridgehead atoms. The van der Waals surface area contributed by atoms with Crippen molar-refractivity contribution in [1.29, 1.82) is 0 Å². The summed E-state index contributed by atoms with van der Waals surface area (Å²) < 4.78 is 46.0. The molecule has 336 valence electrons. The normalized spacial score (nSPS) is 12.6. The highest BCUT2D eigenvalue weighted by Crippen LogP contribution is 2.31. The minimum atomic E-state index is -2.94. The number of aromatic nitrogens is 8. The van der Waals surface area contributed by atoms with Gasteiger partial charge in [-0.1, -0.05) is 39.3 Å². The first-order valence-electron chi connectivity index (χ1n) is 20.4. The topological polar surface area (TPSA) is 176 Å². The van der Waals surface area contributed by atoms with Crippen molar-refractivity contribution >= 4 is 77.1 Å². The summed E-state index contributed by atoms with van der Waals surface area (Å²) in [5, 5.41) is 13.7. The van der Waals surface area contributed by atoms with Crippen molar-refractivity contribution in [2.75, 3.05) is 13.2 Å². The van der Waals surface area contributed by atoms with Crippen molar-refractivity contribution < 1.29 is 32.6 Å². The summed E-state index contributed by atoms with van der Waals surface area (Å²) in [7, 11) is -2.38. The van der Waals surface area contributed by atoms with E-state index in [2.05, 4.69) is 95.7 Å². The molecule has 3 N–H and O–H groups in total. The third-order valence-electron chi connectivity index (χ3n) is 9.02. The molecular weight excluding hydrogens is 899 g/mol. The zero-order valence-corrected chi connectivity index (χ0v) is 41.3. The Morgan fingerprint density at radius 1 is 0.790 bits per heavy atom. The lowest BCUT2D eigenvalue weighted by Crippen LogP contribution is -2.40. The Balaban J connectivity index is 0.000000253. The van der Waals surface area contributed by atoms with Crippen LogP contribution in [0.2, 0.25) is 51.4 Å². The van der Waals surface area contributed by atoms with Crippen LogP contribution in [0, 0.1) is 0 Å². The van der Waals surface area contributed by atoms with E-state index in [1.54, 1.807) is 35.4 Å². The van der Waals surface area contributed by atoms with Crippen LogP contribution in [0.1, 0.15) is 62.3 Å². The number of nitrogens with one attached hydrogen (secondary N) is 3. The number of halogens is 3. The van der Waals surface area contributed by atoms with Crippen LogP contribution in [0.15, 0.2) is 47.6 Å². The van der Waals surface area contributed by atoms with Gasteiger partial charge in [-0.25, -0.2) is 19.9 Å². The number of hydrogen-bond donors (Lipinski definition) is 3. The van der Waals surface area contributed by atoms with Gasteiger partial charge in [-0.05, 0) is 87.8 Å². The van der Waals surface area contributed by atoms with Gasteiger partial charge in [-0.2, -0.15) is 13.9 Å². The number of ether oxygens (including phenoxy) is 3. The van der Waals surface area contributed by atoms with Crippen LogP contribution < -0.4 is 15.4 Å². The van der Waals surface area contributed by atoms with Crippen molar-refractivity contribution in [2.24, 2.45) is 0 Å². The monoisotopic (exact) mass is 956 g/mol. The smallest absolute Gasteiger partial charge is 0.387 e. The zero-order chi connectivity index (χ0) is 45.8. The van der Waals surface area contributed by atoms with Crippen molar-refractivity contribution in [1.82, 2.24) is 49.9 Å². The molecule has 0 aliphatic carbocycles. The highest BCUT2D eigenvalue weighted by atomic mass is 79.9. The number of carbonyl (C=O) groups excluding carboxylic acids is 2. The second-order valence-electron chi connectivity index (χ2n) is 19.6. The lowest BCUT2D eigenvalue weighted by Gasteiger charge is -2.20. The Morgan fingerprint density at radius 3 is 1.77 bits per heavy atom. The Bertz CT molecular complexity index is 2520. The van der Waals surface area contributed by atoms with Gasteiger partial charge in [0.25, 0.3) is 11.8 Å². The van der Waals surface area contributed by atoms with Crippen LogP contribution in [0.4, 0.5) is 8.78 Å². The Labute approximate surface area is 371 Å². The minimum absolute atomic E-state index is 0.00560. The number of H-pyrrole nitrogens is 1. The second-order valence-corrected chi connectivity index (χ2v) is 31.6. The summed E-state index contributed by atoms with van der Waals surface area (Å²) in [5.74, 6) is -0.443.